The third kappa shape index (κ3) is 2.34. The van der Waals surface area contributed by atoms with E-state index in [9.17, 15) is 4.79 Å². The molecular weight excluding hydrogens is 260 g/mol. The van der Waals surface area contributed by atoms with Crippen LogP contribution < -0.4 is 5.32 Å². The minimum atomic E-state index is -0.169. The lowest BCUT2D eigenvalue weighted by Gasteiger charge is -1.98. The van der Waals surface area contributed by atoms with Crippen LogP contribution in [-0.4, -0.2) is 27.5 Å². The van der Waals surface area contributed by atoms with E-state index in [1.54, 1.807) is 18.5 Å². The van der Waals surface area contributed by atoms with E-state index >= 15 is 0 Å². The highest BCUT2D eigenvalue weighted by atomic mass is 32.2. The van der Waals surface area contributed by atoms with Crippen molar-refractivity contribution in [2.24, 2.45) is 4.99 Å². The number of nitrogens with zero attached hydrogens (tertiary/aromatic N) is 3. The van der Waals surface area contributed by atoms with E-state index in [-0.39, 0.29) is 5.91 Å². The summed E-state index contributed by atoms with van der Waals surface area (Å²) in [5.41, 5.74) is 1.34. The van der Waals surface area contributed by atoms with Crippen molar-refractivity contribution in [3.63, 3.8) is 0 Å². The number of thioether (sulfide) groups is 1. The van der Waals surface area contributed by atoms with Crippen molar-refractivity contribution in [2.45, 2.75) is 0 Å². The Balaban J connectivity index is 2.01. The lowest BCUT2D eigenvalue weighted by Crippen LogP contribution is -2.21. The largest absolute Gasteiger partial charge is 0.300 e. The Bertz CT molecular complexity index is 723. The number of fused-ring (bicyclic) bond motifs is 1. The number of carbonyl (C=O) groups excluding carboxylic acids is 1. The number of amidine groups is 1. The van der Waals surface area contributed by atoms with Crippen molar-refractivity contribution < 1.29 is 4.79 Å². The van der Waals surface area contributed by atoms with Gasteiger partial charge in [0.1, 0.15) is 5.70 Å². The predicted molar refractivity (Wildman–Crippen MR) is 76.6 cm³/mol. The molecule has 0 bridgehead atoms. The number of hydrogen-bond acceptors (Lipinski definition) is 5. The minimum absolute atomic E-state index is 0.169. The summed E-state index contributed by atoms with van der Waals surface area (Å²) in [7, 11) is 0. The van der Waals surface area contributed by atoms with E-state index in [1.807, 2.05) is 24.5 Å². The van der Waals surface area contributed by atoms with E-state index in [2.05, 4.69) is 20.5 Å². The van der Waals surface area contributed by atoms with Crippen LogP contribution in [0.2, 0.25) is 0 Å². The summed E-state index contributed by atoms with van der Waals surface area (Å²) in [6.45, 7) is 0. The van der Waals surface area contributed by atoms with Crippen molar-refractivity contribution >= 4 is 39.7 Å². The molecular formula is C13H10N4OS. The molecule has 5 nitrogen and oxygen atoms in total. The maximum absolute atomic E-state index is 11.7. The molecule has 1 aliphatic heterocycles. The third-order valence-corrected chi connectivity index (χ3v) is 3.32. The van der Waals surface area contributed by atoms with Crippen molar-refractivity contribution in [1.29, 1.82) is 0 Å². The maximum Gasteiger partial charge on any atom is 0.275 e. The molecule has 0 atom stereocenters. The Labute approximate surface area is 113 Å². The second-order valence-electron chi connectivity index (χ2n) is 3.98. The van der Waals surface area contributed by atoms with Crippen LogP contribution in [-0.2, 0) is 4.79 Å². The van der Waals surface area contributed by atoms with Gasteiger partial charge in [0.25, 0.3) is 5.91 Å². The van der Waals surface area contributed by atoms with E-state index < -0.39 is 0 Å². The Morgan fingerprint density at radius 2 is 2.00 bits per heavy atom. The van der Waals surface area contributed by atoms with Crippen LogP contribution in [0.1, 0.15) is 5.56 Å². The summed E-state index contributed by atoms with van der Waals surface area (Å²) < 4.78 is 0. The minimum Gasteiger partial charge on any atom is -0.300 e. The molecule has 1 aromatic carbocycles. The average molecular weight is 270 g/mol. The van der Waals surface area contributed by atoms with Gasteiger partial charge in [0, 0.05) is 10.8 Å². The smallest absolute Gasteiger partial charge is 0.275 e. The summed E-state index contributed by atoms with van der Waals surface area (Å²) in [5.74, 6) is -0.169. The van der Waals surface area contributed by atoms with Gasteiger partial charge in [-0.05, 0) is 24.0 Å². The number of carbonyl (C=O) groups is 1. The molecule has 3 rings (SSSR count). The van der Waals surface area contributed by atoms with Crippen molar-refractivity contribution in [1.82, 2.24) is 15.5 Å². The first-order chi connectivity index (χ1) is 9.26. The monoisotopic (exact) mass is 270 g/mol. The van der Waals surface area contributed by atoms with Gasteiger partial charge in [-0.2, -0.15) is 10.2 Å². The summed E-state index contributed by atoms with van der Waals surface area (Å²) in [5, 5.41) is 13.0. The second-order valence-corrected chi connectivity index (χ2v) is 4.78. The fourth-order valence-electron chi connectivity index (χ4n) is 1.81. The lowest BCUT2D eigenvalue weighted by atomic mass is 10.1. The number of nitrogens with one attached hydrogen (secondary N) is 1. The lowest BCUT2D eigenvalue weighted by molar-refractivity contribution is -0.115. The van der Waals surface area contributed by atoms with Crippen molar-refractivity contribution in [3.05, 3.63) is 41.9 Å². The molecule has 0 fully saturated rings. The van der Waals surface area contributed by atoms with Gasteiger partial charge in [-0.25, -0.2) is 4.99 Å². The van der Waals surface area contributed by atoms with Crippen LogP contribution in [0.3, 0.4) is 0 Å². The van der Waals surface area contributed by atoms with Gasteiger partial charge in [-0.15, -0.1) is 0 Å². The number of amides is 1. The molecule has 0 unspecified atom stereocenters. The summed E-state index contributed by atoms with van der Waals surface area (Å²) in [6, 6.07) is 5.83. The molecule has 6 heteroatoms. The van der Waals surface area contributed by atoms with Gasteiger partial charge in [-0.1, -0.05) is 23.9 Å². The molecule has 2 heterocycles. The van der Waals surface area contributed by atoms with Gasteiger partial charge in [0.2, 0.25) is 0 Å². The first kappa shape index (κ1) is 11.9. The molecule has 0 radical (unpaired) electrons. The molecule has 0 spiro atoms. The summed E-state index contributed by atoms with van der Waals surface area (Å²) >= 11 is 1.41. The predicted octanol–water partition coefficient (Wildman–Crippen LogP) is 1.82. The third-order valence-electron chi connectivity index (χ3n) is 2.74. The fraction of sp³-hybridized carbons (Fsp3) is 0.0769. The second kappa shape index (κ2) is 4.81. The quantitative estimate of drug-likeness (QED) is 0.803. The SMILES string of the molecule is CSC1=N/C(=C\c2ccc3cnncc3c2)C(=O)N1. The van der Waals surface area contributed by atoms with Gasteiger partial charge in [-0.3, -0.25) is 10.1 Å². The van der Waals surface area contributed by atoms with Crippen LogP contribution in [0.4, 0.5) is 0 Å². The zero-order valence-electron chi connectivity index (χ0n) is 10.1. The Hall–Kier alpha value is -2.21. The van der Waals surface area contributed by atoms with Gasteiger partial charge in [0.05, 0.1) is 12.4 Å². The molecule has 1 amide bonds. The van der Waals surface area contributed by atoms with Crippen LogP contribution >= 0.6 is 11.8 Å². The van der Waals surface area contributed by atoms with Crippen molar-refractivity contribution in [3.8, 4) is 0 Å². The van der Waals surface area contributed by atoms with Gasteiger partial charge < -0.3 is 0 Å². The molecule has 0 saturated carbocycles. The van der Waals surface area contributed by atoms with Crippen LogP contribution in [0, 0.1) is 0 Å². The van der Waals surface area contributed by atoms with Gasteiger partial charge in [0.15, 0.2) is 5.17 Å². The highest BCUT2D eigenvalue weighted by Crippen LogP contribution is 2.18. The summed E-state index contributed by atoms with van der Waals surface area (Å²) in [4.78, 5) is 15.9. The number of hydrogen-bond donors (Lipinski definition) is 1. The van der Waals surface area contributed by atoms with Crippen molar-refractivity contribution in [2.75, 3.05) is 6.26 Å². The number of benzene rings is 1. The molecule has 19 heavy (non-hydrogen) atoms. The Kier molecular flexibility index (Phi) is 3.00. The average Bonchev–Trinajstić information content (AvgIpc) is 2.79. The topological polar surface area (TPSA) is 67.2 Å². The zero-order valence-corrected chi connectivity index (χ0v) is 10.9. The number of rotatable bonds is 1. The van der Waals surface area contributed by atoms with E-state index in [1.165, 1.54) is 11.8 Å². The highest BCUT2D eigenvalue weighted by Gasteiger charge is 2.18. The molecule has 0 aliphatic carbocycles. The Morgan fingerprint density at radius 3 is 2.74 bits per heavy atom. The standard InChI is InChI=1S/C13H10N4OS/c1-19-13-16-11(12(18)17-13)5-8-2-3-9-6-14-15-7-10(9)4-8/h2-7H,1H3,(H,16,17,18)/b11-5-. The zero-order chi connectivity index (χ0) is 13.2. The molecule has 1 aliphatic rings. The van der Waals surface area contributed by atoms with Crippen LogP contribution in [0.15, 0.2) is 41.3 Å². The van der Waals surface area contributed by atoms with Crippen LogP contribution in [0.25, 0.3) is 16.8 Å². The first-order valence-corrected chi connectivity index (χ1v) is 6.85. The normalized spacial score (nSPS) is 16.8. The highest BCUT2D eigenvalue weighted by molar-refractivity contribution is 8.13. The Morgan fingerprint density at radius 1 is 1.21 bits per heavy atom. The molecule has 1 aromatic heterocycles. The fourth-order valence-corrected chi connectivity index (χ4v) is 2.19. The van der Waals surface area contributed by atoms with Gasteiger partial charge >= 0.3 is 0 Å². The van der Waals surface area contributed by atoms with E-state index in [4.69, 9.17) is 0 Å². The van der Waals surface area contributed by atoms with E-state index in [0.29, 0.717) is 10.9 Å². The van der Waals surface area contributed by atoms with Crippen LogP contribution in [0.5, 0.6) is 0 Å². The first-order valence-electron chi connectivity index (χ1n) is 5.62. The van der Waals surface area contributed by atoms with E-state index in [0.717, 1.165) is 16.3 Å². The molecule has 1 N–H and O–H groups in total. The molecule has 94 valence electrons. The summed E-state index contributed by atoms with van der Waals surface area (Å²) in [6.07, 6.45) is 7.04. The molecule has 0 saturated heterocycles. The number of aromatic nitrogens is 2. The maximum atomic E-state index is 11.7. The molecule has 2 aromatic rings. The number of aliphatic imine (C=N–C) groups is 1.